The minimum atomic E-state index is -0.635. The average Bonchev–Trinajstić information content (AvgIpc) is 3.90. The van der Waals surface area contributed by atoms with E-state index in [1.807, 2.05) is 19.1 Å². The van der Waals surface area contributed by atoms with Crippen molar-refractivity contribution in [1.82, 2.24) is 33.9 Å². The summed E-state index contributed by atoms with van der Waals surface area (Å²) in [7, 11) is 1.28. The Hall–Kier alpha value is -7.11. The van der Waals surface area contributed by atoms with Crippen molar-refractivity contribution in [3.63, 3.8) is 0 Å². The molecule has 4 aromatic heterocycles. The zero-order valence-corrected chi connectivity index (χ0v) is 29.9. The first-order chi connectivity index (χ1) is 25.9. The molecule has 0 unspecified atom stereocenters. The molecule has 0 fully saturated rings. The van der Waals surface area contributed by atoms with Crippen molar-refractivity contribution in [1.29, 1.82) is 0 Å². The third-order valence-corrected chi connectivity index (χ3v) is 8.49. The number of aryl methyl sites for hydroxylation is 4. The van der Waals surface area contributed by atoms with E-state index in [4.69, 9.17) is 20.6 Å². The lowest BCUT2D eigenvalue weighted by Crippen LogP contribution is -2.21. The SMILES string of the molecule is CCc1nc(C)oc1C(=O)Nc1nc2cc(C(N)=O)ccc2n1C/C=C/Cn1c(NC(=O)c2cc(C)nn2CCC(=O)OC)nc2cc(C(N)=O)ccc21. The number of carbonyl (C=O) groups is 5. The summed E-state index contributed by atoms with van der Waals surface area (Å²) < 4.78 is 15.2. The summed E-state index contributed by atoms with van der Waals surface area (Å²) in [5.74, 6) is -1.97. The summed E-state index contributed by atoms with van der Waals surface area (Å²) in [5.41, 5.74) is 14.9. The number of rotatable bonds is 14. The van der Waals surface area contributed by atoms with Crippen molar-refractivity contribution < 1.29 is 33.1 Å². The number of carbonyl (C=O) groups excluding carboxylic acids is 5. The van der Waals surface area contributed by atoms with E-state index >= 15 is 0 Å². The van der Waals surface area contributed by atoms with Gasteiger partial charge in [0.2, 0.25) is 29.5 Å². The van der Waals surface area contributed by atoms with Gasteiger partial charge in [-0.2, -0.15) is 5.10 Å². The number of nitrogens with one attached hydrogen (secondary N) is 2. The van der Waals surface area contributed by atoms with E-state index < -0.39 is 29.6 Å². The molecule has 2 aromatic carbocycles. The maximum Gasteiger partial charge on any atom is 0.307 e. The number of aromatic nitrogens is 7. The number of nitrogens with zero attached hydrogens (tertiary/aromatic N) is 7. The highest BCUT2D eigenvalue weighted by Gasteiger charge is 2.22. The molecule has 6 rings (SSSR count). The van der Waals surface area contributed by atoms with Gasteiger partial charge in [0, 0.05) is 31.1 Å². The summed E-state index contributed by atoms with van der Waals surface area (Å²) in [6.45, 7) is 5.79. The van der Waals surface area contributed by atoms with E-state index in [2.05, 4.69) is 30.7 Å². The Morgan fingerprint density at radius 3 is 1.89 bits per heavy atom. The Kier molecular flexibility index (Phi) is 10.4. The van der Waals surface area contributed by atoms with Crippen molar-refractivity contribution in [3.8, 4) is 0 Å². The second kappa shape index (κ2) is 15.2. The van der Waals surface area contributed by atoms with Crippen molar-refractivity contribution >= 4 is 63.6 Å². The number of anilines is 2. The van der Waals surface area contributed by atoms with Crippen molar-refractivity contribution in [3.05, 3.63) is 94.5 Å². The molecule has 54 heavy (non-hydrogen) atoms. The lowest BCUT2D eigenvalue weighted by Gasteiger charge is -2.10. The number of nitrogens with two attached hydrogens (primary N) is 2. The first kappa shape index (κ1) is 36.7. The molecule has 18 nitrogen and oxygen atoms in total. The Labute approximate surface area is 307 Å². The van der Waals surface area contributed by atoms with E-state index in [1.54, 1.807) is 59.4 Å². The molecular formula is C36H37N11O7. The monoisotopic (exact) mass is 735 g/mol. The summed E-state index contributed by atoms with van der Waals surface area (Å²) in [4.78, 5) is 76.0. The van der Waals surface area contributed by atoms with Gasteiger partial charge in [0.05, 0.1) is 53.5 Å². The highest BCUT2D eigenvalue weighted by Crippen LogP contribution is 2.25. The third kappa shape index (κ3) is 7.57. The molecular weight excluding hydrogens is 698 g/mol. The smallest absolute Gasteiger partial charge is 0.307 e. The summed E-state index contributed by atoms with van der Waals surface area (Å²) in [6, 6.07) is 11.2. The fourth-order valence-electron chi connectivity index (χ4n) is 5.90. The third-order valence-electron chi connectivity index (χ3n) is 8.49. The van der Waals surface area contributed by atoms with E-state index in [0.717, 1.165) is 0 Å². The lowest BCUT2D eigenvalue weighted by atomic mass is 10.2. The number of hydrogen-bond acceptors (Lipinski definition) is 11. The highest BCUT2D eigenvalue weighted by molar-refractivity contribution is 6.04. The molecule has 0 aliphatic heterocycles. The fraction of sp³-hybridized carbons (Fsp3) is 0.250. The fourth-order valence-corrected chi connectivity index (χ4v) is 5.90. The Balaban J connectivity index is 1.30. The first-order valence-electron chi connectivity index (χ1n) is 16.8. The molecule has 4 amide bonds. The van der Waals surface area contributed by atoms with E-state index in [0.29, 0.717) is 45.8 Å². The van der Waals surface area contributed by atoms with Gasteiger partial charge < -0.3 is 29.8 Å². The first-order valence-corrected chi connectivity index (χ1v) is 16.8. The van der Waals surface area contributed by atoms with Gasteiger partial charge in [-0.1, -0.05) is 19.1 Å². The van der Waals surface area contributed by atoms with E-state index in [1.165, 1.54) is 17.9 Å². The molecule has 0 saturated heterocycles. The predicted molar refractivity (Wildman–Crippen MR) is 196 cm³/mol. The lowest BCUT2D eigenvalue weighted by molar-refractivity contribution is -0.140. The van der Waals surface area contributed by atoms with Crippen molar-refractivity contribution in [2.45, 2.75) is 53.2 Å². The molecule has 0 spiro atoms. The number of imidazole rings is 2. The van der Waals surface area contributed by atoms with Gasteiger partial charge in [-0.15, -0.1) is 0 Å². The standard InChI is InChI=1S/C36H37N11O7/c1-5-23-30(54-20(3)39-23)34(52)43-36-41-25-18-22(32(38)50)9-11-27(25)46(36)14-7-6-13-45-26-10-8-21(31(37)49)17-24(26)40-35(45)42-33(51)28-16-19(2)44-47(28)15-12-29(48)53-4/h6-11,16-18H,5,12-15H2,1-4H3,(H2,37,49)(H2,38,50)(H,40,42,51)(H,41,43,52)/b7-6+. The minimum Gasteiger partial charge on any atom is -0.469 e. The number of hydrogen-bond donors (Lipinski definition) is 4. The zero-order valence-electron chi connectivity index (χ0n) is 29.9. The van der Waals surface area contributed by atoms with E-state index in [-0.39, 0.29) is 60.5 Å². The van der Waals surface area contributed by atoms with Gasteiger partial charge in [-0.3, -0.25) is 39.3 Å². The number of fused-ring (bicyclic) bond motifs is 2. The van der Waals surface area contributed by atoms with Gasteiger partial charge >= 0.3 is 5.97 Å². The number of oxazole rings is 1. The van der Waals surface area contributed by atoms with Crippen LogP contribution in [0.3, 0.4) is 0 Å². The molecule has 0 radical (unpaired) electrons. The number of benzene rings is 2. The average molecular weight is 736 g/mol. The molecule has 4 heterocycles. The summed E-state index contributed by atoms with van der Waals surface area (Å²) >= 11 is 0. The van der Waals surface area contributed by atoms with Gasteiger partial charge in [-0.05, 0) is 55.8 Å². The second-order valence-corrected chi connectivity index (χ2v) is 12.2. The van der Waals surface area contributed by atoms with Gasteiger partial charge in [0.1, 0.15) is 5.69 Å². The zero-order chi connectivity index (χ0) is 38.7. The number of amides is 4. The van der Waals surface area contributed by atoms with E-state index in [9.17, 15) is 24.0 Å². The van der Waals surface area contributed by atoms with Crippen LogP contribution in [-0.2, 0) is 35.6 Å². The van der Waals surface area contributed by atoms with Gasteiger partial charge in [-0.25, -0.2) is 15.0 Å². The summed E-state index contributed by atoms with van der Waals surface area (Å²) in [6.07, 6.45) is 4.15. The van der Waals surface area contributed by atoms with Crippen LogP contribution in [0.25, 0.3) is 22.1 Å². The quantitative estimate of drug-likeness (QED) is 0.0933. The van der Waals surface area contributed by atoms with Crippen LogP contribution in [0.2, 0.25) is 0 Å². The topological polar surface area (TPSA) is 250 Å². The van der Waals surface area contributed by atoms with Crippen LogP contribution in [0.1, 0.15) is 72.4 Å². The maximum absolute atomic E-state index is 13.6. The molecule has 0 atom stereocenters. The molecule has 0 aliphatic rings. The van der Waals surface area contributed by atoms with Crippen molar-refractivity contribution in [2.75, 3.05) is 17.7 Å². The van der Waals surface area contributed by atoms with Crippen LogP contribution >= 0.6 is 0 Å². The molecule has 18 heteroatoms. The Morgan fingerprint density at radius 2 is 1.37 bits per heavy atom. The molecule has 6 N–H and O–H groups in total. The summed E-state index contributed by atoms with van der Waals surface area (Å²) in [5, 5.41) is 10.00. The second-order valence-electron chi connectivity index (χ2n) is 12.2. The Bertz CT molecular complexity index is 2480. The molecule has 0 bridgehead atoms. The number of methoxy groups -OCH3 is 1. The number of ether oxygens (including phenoxy) is 1. The maximum atomic E-state index is 13.6. The normalized spacial score (nSPS) is 11.4. The number of esters is 1. The van der Waals surface area contributed by atoms with Crippen LogP contribution in [0.5, 0.6) is 0 Å². The molecule has 278 valence electrons. The molecule has 0 saturated carbocycles. The number of allylic oxidation sites excluding steroid dienone is 2. The van der Waals surface area contributed by atoms with Crippen molar-refractivity contribution in [2.24, 2.45) is 11.5 Å². The largest absolute Gasteiger partial charge is 0.469 e. The van der Waals surface area contributed by atoms with Crippen LogP contribution in [-0.4, -0.2) is 70.6 Å². The number of primary amides is 2. The van der Waals surface area contributed by atoms with Gasteiger partial charge in [0.15, 0.2) is 5.89 Å². The molecule has 6 aromatic rings. The molecule has 0 aliphatic carbocycles. The predicted octanol–water partition coefficient (Wildman–Crippen LogP) is 3.27. The van der Waals surface area contributed by atoms with Gasteiger partial charge in [0.25, 0.3) is 11.8 Å². The van der Waals surface area contributed by atoms with Crippen LogP contribution < -0.4 is 22.1 Å². The Morgan fingerprint density at radius 1 is 0.815 bits per heavy atom. The van der Waals surface area contributed by atoms with Crippen LogP contribution in [0, 0.1) is 13.8 Å². The van der Waals surface area contributed by atoms with Crippen LogP contribution in [0.15, 0.2) is 59.0 Å². The van der Waals surface area contributed by atoms with Crippen LogP contribution in [0.4, 0.5) is 11.9 Å². The highest BCUT2D eigenvalue weighted by atomic mass is 16.5. The minimum absolute atomic E-state index is 0.0144.